The van der Waals surface area contributed by atoms with Crippen LogP contribution in [-0.4, -0.2) is 64.9 Å². The summed E-state index contributed by atoms with van der Waals surface area (Å²) in [5.74, 6) is -0.658. The van der Waals surface area contributed by atoms with E-state index in [9.17, 15) is 9.59 Å². The zero-order valence-corrected chi connectivity index (χ0v) is 32.8. The minimum Gasteiger partial charge on any atom is -0.465 e. The number of aryl methyl sites for hydroxylation is 6. The van der Waals surface area contributed by atoms with Gasteiger partial charge in [-0.1, -0.05) is 25.1 Å². The molecule has 49 heavy (non-hydrogen) atoms. The van der Waals surface area contributed by atoms with Crippen molar-refractivity contribution in [2.45, 2.75) is 102 Å². The van der Waals surface area contributed by atoms with E-state index in [4.69, 9.17) is 18.8 Å². The second kappa shape index (κ2) is 16.5. The molecule has 1 saturated heterocycles. The summed E-state index contributed by atoms with van der Waals surface area (Å²) in [6, 6.07) is 7.63. The highest BCUT2D eigenvalue weighted by Crippen LogP contribution is 2.37. The van der Waals surface area contributed by atoms with Gasteiger partial charge in [-0.25, -0.2) is 9.59 Å². The Kier molecular flexibility index (Phi) is 14.0. The molecule has 0 atom stereocenters. The molecular formula is C37H52BIN4O6. The highest BCUT2D eigenvalue weighted by molar-refractivity contribution is 14.1. The fourth-order valence-electron chi connectivity index (χ4n) is 5.06. The number of methoxy groups -OCH3 is 2. The molecule has 2 aromatic heterocycles. The van der Waals surface area contributed by atoms with Gasteiger partial charge in [0.1, 0.15) is 3.70 Å². The Hall–Kier alpha value is -3.49. The lowest BCUT2D eigenvalue weighted by Gasteiger charge is -2.32. The number of aromatic nitrogens is 4. The number of hydrogen-bond acceptors (Lipinski definition) is 8. The van der Waals surface area contributed by atoms with E-state index in [1.807, 2.05) is 100 Å². The highest BCUT2D eigenvalue weighted by atomic mass is 127. The van der Waals surface area contributed by atoms with Gasteiger partial charge in [0.25, 0.3) is 0 Å². The van der Waals surface area contributed by atoms with Crippen LogP contribution in [0.15, 0.2) is 24.3 Å². The molecule has 10 nitrogen and oxygen atoms in total. The molecule has 0 aliphatic carbocycles. The molecule has 266 valence electrons. The highest BCUT2D eigenvalue weighted by Gasteiger charge is 2.52. The molecule has 0 unspecified atom stereocenters. The Bertz CT molecular complexity index is 1780. The number of esters is 2. The van der Waals surface area contributed by atoms with Crippen molar-refractivity contribution in [2.75, 3.05) is 14.2 Å². The molecule has 2 aromatic carbocycles. The summed E-state index contributed by atoms with van der Waals surface area (Å²) in [7, 11) is 2.31. The van der Waals surface area contributed by atoms with Crippen LogP contribution in [0.1, 0.15) is 101 Å². The number of nitrogens with zero attached hydrogens (tertiary/aromatic N) is 2. The summed E-state index contributed by atoms with van der Waals surface area (Å²) in [4.78, 5) is 23.6. The first-order chi connectivity index (χ1) is 22.3. The Morgan fingerprint density at radius 3 is 1.53 bits per heavy atom. The summed E-state index contributed by atoms with van der Waals surface area (Å²) in [5, 5.41) is 14.2. The van der Waals surface area contributed by atoms with E-state index in [-0.39, 0.29) is 19.4 Å². The minimum atomic E-state index is -0.473. The van der Waals surface area contributed by atoms with Crippen LogP contribution in [0, 0.1) is 59.1 Å². The lowest BCUT2D eigenvalue weighted by molar-refractivity contribution is 0.00578. The van der Waals surface area contributed by atoms with Crippen LogP contribution in [0.25, 0.3) is 11.3 Å². The predicted octanol–water partition coefficient (Wildman–Crippen LogP) is 7.75. The fraction of sp³-hybridized carbons (Fsp3) is 0.459. The lowest BCUT2D eigenvalue weighted by Crippen LogP contribution is -2.41. The predicted molar refractivity (Wildman–Crippen MR) is 205 cm³/mol. The van der Waals surface area contributed by atoms with Crippen molar-refractivity contribution >= 4 is 47.1 Å². The van der Waals surface area contributed by atoms with E-state index in [0.717, 1.165) is 59.6 Å². The third-order valence-corrected chi connectivity index (χ3v) is 10.3. The number of carbonyl (C=O) groups is 2. The summed E-state index contributed by atoms with van der Waals surface area (Å²) < 4.78 is 22.9. The zero-order chi connectivity index (χ0) is 36.3. The number of hydrogen-bond donors (Lipinski definition) is 2. The minimum absolute atomic E-state index is 0. The van der Waals surface area contributed by atoms with Crippen molar-refractivity contribution in [1.29, 1.82) is 0 Å². The molecule has 0 radical (unpaired) electrons. The number of rotatable bonds is 4. The van der Waals surface area contributed by atoms with E-state index in [0.29, 0.717) is 11.1 Å². The van der Waals surface area contributed by atoms with Crippen LogP contribution in [0.3, 0.4) is 0 Å². The van der Waals surface area contributed by atoms with Crippen molar-refractivity contribution in [2.24, 2.45) is 0 Å². The van der Waals surface area contributed by atoms with Gasteiger partial charge in [-0.05, 0) is 146 Å². The first-order valence-electron chi connectivity index (χ1n) is 15.7. The average Bonchev–Trinajstić information content (AvgIpc) is 3.58. The van der Waals surface area contributed by atoms with Crippen LogP contribution in [0.5, 0.6) is 0 Å². The molecular weight excluding hydrogens is 734 g/mol. The lowest BCUT2D eigenvalue weighted by atomic mass is 9.75. The normalized spacial score (nSPS) is 14.1. The monoisotopic (exact) mass is 786 g/mol. The van der Waals surface area contributed by atoms with Crippen LogP contribution in [0.2, 0.25) is 0 Å². The largest absolute Gasteiger partial charge is 0.495 e. The summed E-state index contributed by atoms with van der Waals surface area (Å²) in [6.07, 6.45) is 0. The number of carbonyl (C=O) groups excluding carboxylic acids is 2. The maximum Gasteiger partial charge on any atom is 0.495 e. The molecule has 12 heteroatoms. The number of ether oxygens (including phenoxy) is 2. The van der Waals surface area contributed by atoms with Gasteiger partial charge in [0.2, 0.25) is 0 Å². The second-order valence-electron chi connectivity index (χ2n) is 13.2. The van der Waals surface area contributed by atoms with E-state index in [2.05, 4.69) is 49.9 Å². The smallest absolute Gasteiger partial charge is 0.465 e. The van der Waals surface area contributed by atoms with Gasteiger partial charge < -0.3 is 18.8 Å². The Morgan fingerprint density at radius 1 is 0.694 bits per heavy atom. The SMILES string of the molecule is C.COC(=O)c1cc(-c2n[nH]c(C)c2C)c(C)cc1C.COC(=O)c1cc(B2OC(C)(C)C(C)(C)O2)c(C)cc1C.Cc1[nH]nc(I)c1C. The molecule has 1 aliphatic rings. The van der Waals surface area contributed by atoms with Gasteiger partial charge >= 0.3 is 19.1 Å². The number of aromatic amines is 2. The molecule has 0 bridgehead atoms. The Balaban J connectivity index is 0.000000275. The van der Waals surface area contributed by atoms with E-state index in [1.165, 1.54) is 19.8 Å². The molecule has 1 aliphatic heterocycles. The second-order valence-corrected chi connectivity index (χ2v) is 14.2. The summed E-state index contributed by atoms with van der Waals surface area (Å²) >= 11 is 2.20. The van der Waals surface area contributed by atoms with Crippen LogP contribution in [0.4, 0.5) is 0 Å². The van der Waals surface area contributed by atoms with Gasteiger partial charge in [0.15, 0.2) is 0 Å². The quantitative estimate of drug-likeness (QED) is 0.122. The summed E-state index contributed by atoms with van der Waals surface area (Å²) in [5.41, 5.74) is 11.6. The van der Waals surface area contributed by atoms with Gasteiger partial charge in [0, 0.05) is 22.5 Å². The zero-order valence-electron chi connectivity index (χ0n) is 30.6. The van der Waals surface area contributed by atoms with Gasteiger partial charge in [-0.3, -0.25) is 10.2 Å². The van der Waals surface area contributed by atoms with Gasteiger partial charge in [-0.15, -0.1) is 0 Å². The molecule has 3 heterocycles. The van der Waals surface area contributed by atoms with Crippen LogP contribution in [-0.2, 0) is 18.8 Å². The van der Waals surface area contributed by atoms with Crippen LogP contribution < -0.4 is 5.46 Å². The standard InChI is InChI=1S/C16H23BO4.C15H18N2O2.C5H7IN2.CH4/c1-10-8-11(2)13(9-12(10)14(18)19-7)17-20-15(3,4)16(5,6)21-17;1-8-6-9(2)13(15(18)19-5)7-12(8)14-10(3)11(4)16-17-14;1-3-4(2)7-8-5(3)6;/h8-9H,1-7H3;6-7H,1-5H3,(H,16,17);1-2H3,(H,7,8);1H4. The number of halogens is 1. The van der Waals surface area contributed by atoms with E-state index < -0.39 is 18.3 Å². The Morgan fingerprint density at radius 2 is 1.14 bits per heavy atom. The van der Waals surface area contributed by atoms with Crippen molar-refractivity contribution in [1.82, 2.24) is 20.4 Å². The molecule has 0 amide bonds. The van der Waals surface area contributed by atoms with Crippen LogP contribution >= 0.6 is 22.6 Å². The van der Waals surface area contributed by atoms with Gasteiger partial charge in [0.05, 0.1) is 42.2 Å². The molecule has 5 rings (SSSR count). The van der Waals surface area contributed by atoms with Crippen molar-refractivity contribution in [3.63, 3.8) is 0 Å². The average molecular weight is 787 g/mol. The summed E-state index contributed by atoms with van der Waals surface area (Å²) in [6.45, 7) is 23.9. The topological polar surface area (TPSA) is 128 Å². The fourth-order valence-corrected chi connectivity index (χ4v) is 5.59. The Labute approximate surface area is 305 Å². The first-order valence-corrected chi connectivity index (χ1v) is 16.8. The molecule has 0 spiro atoms. The number of H-pyrrole nitrogens is 2. The number of nitrogens with one attached hydrogen (secondary N) is 2. The first kappa shape index (κ1) is 41.7. The van der Waals surface area contributed by atoms with Crippen molar-refractivity contribution < 1.29 is 28.4 Å². The van der Waals surface area contributed by atoms with Gasteiger partial charge in [-0.2, -0.15) is 10.2 Å². The maximum absolute atomic E-state index is 11.9. The molecule has 0 saturated carbocycles. The van der Waals surface area contributed by atoms with E-state index in [1.54, 1.807) is 0 Å². The van der Waals surface area contributed by atoms with E-state index >= 15 is 0 Å². The van der Waals surface area contributed by atoms with Crippen molar-refractivity contribution in [3.8, 4) is 11.3 Å². The van der Waals surface area contributed by atoms with Crippen molar-refractivity contribution in [3.05, 3.63) is 83.9 Å². The number of benzene rings is 2. The maximum atomic E-state index is 11.9. The third-order valence-electron chi connectivity index (χ3n) is 9.20. The molecule has 2 N–H and O–H groups in total. The third kappa shape index (κ3) is 9.20. The molecule has 1 fully saturated rings. The molecule has 4 aromatic rings.